The second-order valence-corrected chi connectivity index (χ2v) is 9.14. The maximum Gasteiger partial charge on any atom is 0 e. The van der Waals surface area contributed by atoms with Crippen LogP contribution in [0.2, 0.25) is 0 Å². The summed E-state index contributed by atoms with van der Waals surface area (Å²) in [6.07, 6.45) is 19.9. The van der Waals surface area contributed by atoms with Gasteiger partial charge in [0.25, 0.3) is 0 Å². The summed E-state index contributed by atoms with van der Waals surface area (Å²) in [5.41, 5.74) is 2.78. The molecule has 2 atom stereocenters. The van der Waals surface area contributed by atoms with Crippen LogP contribution in [0.5, 0.6) is 0 Å². The van der Waals surface area contributed by atoms with Gasteiger partial charge in [-0.2, -0.15) is 11.1 Å². The fraction of sp³-hybridized carbons (Fsp3) is 0.300. The van der Waals surface area contributed by atoms with E-state index in [2.05, 4.69) is 73.2 Å². The van der Waals surface area contributed by atoms with Crippen molar-refractivity contribution in [1.82, 2.24) is 0 Å². The van der Waals surface area contributed by atoms with E-state index in [4.69, 9.17) is 0 Å². The third-order valence-electron chi connectivity index (χ3n) is 3.68. The smallest absolute Gasteiger partial charge is 0 e. The van der Waals surface area contributed by atoms with Crippen LogP contribution in [-0.2, 0) is 52.4 Å². The van der Waals surface area contributed by atoms with Crippen LogP contribution in [0.4, 0.5) is 0 Å². The number of allylic oxidation sites excluding steroid dienone is 10. The Kier molecular flexibility index (Phi) is 17.1. The van der Waals surface area contributed by atoms with E-state index in [1.54, 1.807) is 0 Å². The summed E-state index contributed by atoms with van der Waals surface area (Å²) in [7, 11) is 0.647. The number of hydrogen-bond donors (Lipinski definition) is 0. The SMILES string of the molecule is CCCS1=[C-]C=C2C=CC=C21.CCCS1=[C-]C=C2C=CC=C21.Cl.Cl.[Zr].[Zr]. The zero-order valence-electron chi connectivity index (χ0n) is 15.1. The van der Waals surface area contributed by atoms with Crippen LogP contribution in [0.25, 0.3) is 0 Å². The summed E-state index contributed by atoms with van der Waals surface area (Å²) in [5, 5.41) is 6.81. The molecule has 0 bridgehead atoms. The second kappa shape index (κ2) is 15.1. The molecule has 0 saturated carbocycles. The summed E-state index contributed by atoms with van der Waals surface area (Å²) in [6, 6.07) is 0. The van der Waals surface area contributed by atoms with Crippen molar-refractivity contribution in [3.05, 3.63) is 69.6 Å². The predicted octanol–water partition coefficient (Wildman–Crippen LogP) is 6.32. The molecule has 0 aromatic heterocycles. The van der Waals surface area contributed by atoms with Crippen molar-refractivity contribution in [2.45, 2.75) is 26.7 Å². The molecular formula is C20H24Cl2S2Zr2-2. The largest absolute Gasteiger partial charge is 0.266 e. The van der Waals surface area contributed by atoms with Crippen LogP contribution in [-0.4, -0.2) is 22.2 Å². The van der Waals surface area contributed by atoms with Crippen molar-refractivity contribution in [2.75, 3.05) is 11.5 Å². The maximum atomic E-state index is 3.41. The molecule has 0 N–H and O–H groups in total. The molecule has 140 valence electrons. The molecule has 2 heterocycles. The van der Waals surface area contributed by atoms with E-state index in [0.717, 1.165) is 0 Å². The van der Waals surface area contributed by atoms with Crippen molar-refractivity contribution in [3.8, 4) is 0 Å². The third kappa shape index (κ3) is 7.24. The van der Waals surface area contributed by atoms with Gasteiger partial charge in [0.15, 0.2) is 0 Å². The van der Waals surface area contributed by atoms with Crippen LogP contribution in [0.3, 0.4) is 0 Å². The molecule has 2 aliphatic carbocycles. The molecular weight excluding hydrogens is 558 g/mol. The summed E-state index contributed by atoms with van der Waals surface area (Å²) in [5.74, 6) is 2.54. The fourth-order valence-corrected chi connectivity index (χ4v) is 6.26. The van der Waals surface area contributed by atoms with E-state index >= 15 is 0 Å². The number of rotatable bonds is 4. The van der Waals surface area contributed by atoms with Gasteiger partial charge in [-0.3, -0.25) is 21.0 Å². The van der Waals surface area contributed by atoms with Gasteiger partial charge in [0.1, 0.15) is 0 Å². The summed E-state index contributed by atoms with van der Waals surface area (Å²) in [6.45, 7) is 4.46. The Morgan fingerprint density at radius 3 is 1.46 bits per heavy atom. The quantitative estimate of drug-likeness (QED) is 0.270. The van der Waals surface area contributed by atoms with Gasteiger partial charge >= 0.3 is 0 Å². The van der Waals surface area contributed by atoms with E-state index in [-0.39, 0.29) is 77.2 Å². The number of fused-ring (bicyclic) bond motifs is 2. The van der Waals surface area contributed by atoms with Gasteiger partial charge in [-0.1, -0.05) is 48.0 Å². The third-order valence-corrected chi connectivity index (χ3v) is 7.92. The Morgan fingerprint density at radius 2 is 1.12 bits per heavy atom. The van der Waals surface area contributed by atoms with E-state index in [1.165, 1.54) is 45.3 Å². The van der Waals surface area contributed by atoms with Crippen LogP contribution in [0.1, 0.15) is 26.7 Å². The molecule has 4 rings (SSSR count). The molecule has 0 radical (unpaired) electrons. The fourth-order valence-electron chi connectivity index (χ4n) is 2.66. The Morgan fingerprint density at radius 1 is 0.731 bits per heavy atom. The minimum Gasteiger partial charge on any atom is -0.266 e. The standard InChI is InChI=1S/2C10H11S.2ClH.2Zr/c2*1-2-7-11-8-6-9-4-3-5-10(9)11;;;;/h2*3-6H,2,7H2,1H3;2*1H;;/q2*-1;;;;. The van der Waals surface area contributed by atoms with Crippen molar-refractivity contribution in [1.29, 1.82) is 0 Å². The molecule has 0 aromatic rings. The monoisotopic (exact) mass is 578 g/mol. The molecule has 0 fully saturated rings. The minimum atomic E-state index is 0. The Hall–Kier alpha value is 1.23. The normalized spacial score (nSPS) is 22.1. The van der Waals surface area contributed by atoms with Crippen LogP contribution in [0, 0.1) is 0 Å². The average Bonchev–Trinajstić information content (AvgIpc) is 3.24. The predicted molar refractivity (Wildman–Crippen MR) is 121 cm³/mol. The molecule has 26 heavy (non-hydrogen) atoms. The minimum absolute atomic E-state index is 0. The second-order valence-electron chi connectivity index (χ2n) is 5.40. The van der Waals surface area contributed by atoms with Gasteiger partial charge in [0.05, 0.1) is 0 Å². The molecule has 0 aromatic carbocycles. The molecule has 0 nitrogen and oxygen atoms in total. The van der Waals surface area contributed by atoms with E-state index in [0.29, 0.717) is 21.0 Å². The Bertz CT molecular complexity index is 662. The van der Waals surface area contributed by atoms with Gasteiger partial charge in [0.2, 0.25) is 0 Å². The first-order valence-corrected chi connectivity index (χ1v) is 10.7. The maximum absolute atomic E-state index is 3.41. The van der Waals surface area contributed by atoms with E-state index in [1.807, 2.05) is 0 Å². The molecule has 6 heteroatoms. The Balaban J connectivity index is 0. The molecule has 0 saturated heterocycles. The molecule has 2 aliphatic heterocycles. The molecule has 0 spiro atoms. The molecule has 4 aliphatic rings. The summed E-state index contributed by atoms with van der Waals surface area (Å²) < 4.78 is 0. The van der Waals surface area contributed by atoms with Gasteiger partial charge in [-0.15, -0.1) is 37.0 Å². The topological polar surface area (TPSA) is 0 Å². The molecule has 0 amide bonds. The van der Waals surface area contributed by atoms with Gasteiger partial charge in [-0.25, -0.2) is 22.9 Å². The van der Waals surface area contributed by atoms with Crippen molar-refractivity contribution >= 4 is 56.5 Å². The van der Waals surface area contributed by atoms with Crippen LogP contribution in [0.15, 0.2) is 69.6 Å². The van der Waals surface area contributed by atoms with Gasteiger partial charge in [0, 0.05) is 52.4 Å². The van der Waals surface area contributed by atoms with Crippen molar-refractivity contribution in [2.24, 2.45) is 0 Å². The van der Waals surface area contributed by atoms with Gasteiger partial charge < -0.3 is 0 Å². The van der Waals surface area contributed by atoms with Crippen molar-refractivity contribution in [3.63, 3.8) is 0 Å². The van der Waals surface area contributed by atoms with Crippen LogP contribution < -0.4 is 0 Å². The summed E-state index contributed by atoms with van der Waals surface area (Å²) in [4.78, 5) is 3.01. The molecule has 2 unspecified atom stereocenters. The van der Waals surface area contributed by atoms with Crippen molar-refractivity contribution < 1.29 is 52.4 Å². The number of halogens is 2. The van der Waals surface area contributed by atoms with Crippen LogP contribution >= 0.6 is 45.8 Å². The Labute approximate surface area is 214 Å². The first-order chi connectivity index (χ1) is 10.8. The zero-order valence-corrected chi connectivity index (χ0v) is 23.3. The number of hydrogen-bond acceptors (Lipinski definition) is 0. The first kappa shape index (κ1) is 29.4. The van der Waals surface area contributed by atoms with E-state index in [9.17, 15) is 0 Å². The van der Waals surface area contributed by atoms with Gasteiger partial charge in [-0.05, 0) is 24.3 Å². The zero-order chi connectivity index (χ0) is 15.4. The average molecular weight is 582 g/mol. The first-order valence-electron chi connectivity index (χ1n) is 7.95. The summed E-state index contributed by atoms with van der Waals surface area (Å²) >= 11 is 0. The van der Waals surface area contributed by atoms with E-state index < -0.39 is 0 Å².